The van der Waals surface area contributed by atoms with Gasteiger partial charge < -0.3 is 20.9 Å². The van der Waals surface area contributed by atoms with Crippen molar-refractivity contribution in [3.63, 3.8) is 0 Å². The molecule has 0 aliphatic heterocycles. The van der Waals surface area contributed by atoms with Crippen molar-refractivity contribution in [3.8, 4) is 5.75 Å². The van der Waals surface area contributed by atoms with Crippen LogP contribution in [0.15, 0.2) is 61.2 Å². The number of nitrogen functional groups attached to an aromatic ring is 2. The van der Waals surface area contributed by atoms with Gasteiger partial charge in [0.15, 0.2) is 0 Å². The average molecular weight is 547 g/mol. The third-order valence-corrected chi connectivity index (χ3v) is 7.77. The van der Waals surface area contributed by atoms with Gasteiger partial charge in [0.1, 0.15) is 5.75 Å². The number of benzene rings is 2. The number of rotatable bonds is 15. The first kappa shape index (κ1) is 31.0. The summed E-state index contributed by atoms with van der Waals surface area (Å²) in [5.41, 5.74) is 15.0. The predicted octanol–water partition coefficient (Wildman–Crippen LogP) is 7.84. The summed E-state index contributed by atoms with van der Waals surface area (Å²) < 4.78 is 11.2. The molecule has 1 aliphatic carbocycles. The second kappa shape index (κ2) is 16.5. The fourth-order valence-corrected chi connectivity index (χ4v) is 5.38. The van der Waals surface area contributed by atoms with Gasteiger partial charge in [-0.1, -0.05) is 50.8 Å². The molecule has 1 atom stereocenters. The monoisotopic (exact) mass is 546 g/mol. The van der Waals surface area contributed by atoms with Crippen LogP contribution >= 0.6 is 0 Å². The molecule has 40 heavy (non-hydrogen) atoms. The van der Waals surface area contributed by atoms with Gasteiger partial charge in [-0.25, -0.2) is 4.79 Å². The number of unbranched alkanes of at least 4 members (excludes halogenated alkanes) is 3. The van der Waals surface area contributed by atoms with Crippen LogP contribution in [-0.4, -0.2) is 18.5 Å². The lowest BCUT2D eigenvalue weighted by molar-refractivity contribution is -0.140. The SMILES string of the molecule is C=CCCCCC1CCC(C(=O)Oc2ccc(/C=C/C(=O)OCC(CCCC)c3cc(N)cc(N)c3)cc2)CC1. The molecule has 0 bridgehead atoms. The first-order chi connectivity index (χ1) is 19.4. The number of carbonyl (C=O) groups excluding carboxylic acids is 2. The van der Waals surface area contributed by atoms with E-state index >= 15 is 0 Å². The largest absolute Gasteiger partial charge is 0.462 e. The lowest BCUT2D eigenvalue weighted by atomic mass is 9.80. The van der Waals surface area contributed by atoms with Crippen molar-refractivity contribution in [2.45, 2.75) is 83.5 Å². The van der Waals surface area contributed by atoms with Crippen LogP contribution in [0.4, 0.5) is 11.4 Å². The molecule has 1 aliphatic rings. The minimum Gasteiger partial charge on any atom is -0.462 e. The summed E-state index contributed by atoms with van der Waals surface area (Å²) in [6.45, 7) is 6.17. The van der Waals surface area contributed by atoms with Crippen LogP contribution in [0, 0.1) is 11.8 Å². The van der Waals surface area contributed by atoms with E-state index in [2.05, 4.69) is 13.5 Å². The number of esters is 2. The zero-order valence-corrected chi connectivity index (χ0v) is 24.0. The molecule has 2 aromatic rings. The van der Waals surface area contributed by atoms with Gasteiger partial charge in [0.25, 0.3) is 0 Å². The summed E-state index contributed by atoms with van der Waals surface area (Å²) in [5.74, 6) is 0.709. The van der Waals surface area contributed by atoms with Crippen molar-refractivity contribution in [2.24, 2.45) is 11.8 Å². The molecule has 3 rings (SSSR count). The van der Waals surface area contributed by atoms with Crippen LogP contribution in [0.3, 0.4) is 0 Å². The van der Waals surface area contributed by atoms with Crippen LogP contribution in [0.2, 0.25) is 0 Å². The van der Waals surface area contributed by atoms with E-state index in [-0.39, 0.29) is 24.4 Å². The summed E-state index contributed by atoms with van der Waals surface area (Å²) in [6.07, 6.45) is 16.8. The first-order valence-corrected chi connectivity index (χ1v) is 14.8. The molecule has 216 valence electrons. The third kappa shape index (κ3) is 10.6. The van der Waals surface area contributed by atoms with Crippen molar-refractivity contribution in [1.29, 1.82) is 0 Å². The Morgan fingerprint density at radius 3 is 2.35 bits per heavy atom. The third-order valence-electron chi connectivity index (χ3n) is 7.77. The van der Waals surface area contributed by atoms with Crippen molar-refractivity contribution in [2.75, 3.05) is 18.1 Å². The highest BCUT2D eigenvalue weighted by atomic mass is 16.5. The molecule has 0 spiro atoms. The van der Waals surface area contributed by atoms with Crippen LogP contribution in [0.1, 0.15) is 94.6 Å². The van der Waals surface area contributed by atoms with Crippen LogP contribution in [0.25, 0.3) is 6.08 Å². The molecule has 0 amide bonds. The van der Waals surface area contributed by atoms with Gasteiger partial charge in [0.2, 0.25) is 0 Å². The molecular formula is C34H46N2O4. The topological polar surface area (TPSA) is 105 Å². The number of anilines is 2. The Labute approximate surface area is 239 Å². The minimum atomic E-state index is -0.412. The standard InChI is InChI=1S/C34H46N2O4/c1-3-5-7-8-9-25-11-16-27(17-12-25)34(38)40-32-18-13-26(14-19-32)15-20-33(37)39-24-28(10-6-4-2)29-21-30(35)23-31(36)22-29/h3,13-15,18-23,25,27-28H,1,4-12,16-17,24,35-36H2,2H3/b20-15+. The average Bonchev–Trinajstić information content (AvgIpc) is 2.95. The Balaban J connectivity index is 1.44. The number of hydrogen-bond donors (Lipinski definition) is 2. The van der Waals surface area contributed by atoms with Crippen molar-refractivity contribution in [1.82, 2.24) is 0 Å². The van der Waals surface area contributed by atoms with Gasteiger partial charge in [-0.3, -0.25) is 4.79 Å². The molecule has 4 N–H and O–H groups in total. The van der Waals surface area contributed by atoms with Crippen LogP contribution in [-0.2, 0) is 14.3 Å². The Morgan fingerprint density at radius 1 is 1.00 bits per heavy atom. The van der Waals surface area contributed by atoms with Gasteiger partial charge in [0, 0.05) is 23.4 Å². The number of ether oxygens (including phenoxy) is 2. The zero-order chi connectivity index (χ0) is 28.7. The fourth-order valence-electron chi connectivity index (χ4n) is 5.38. The van der Waals surface area contributed by atoms with E-state index in [1.807, 2.05) is 30.3 Å². The maximum Gasteiger partial charge on any atom is 0.330 e. The summed E-state index contributed by atoms with van der Waals surface area (Å²) in [7, 11) is 0. The molecule has 0 radical (unpaired) electrons. The van der Waals surface area contributed by atoms with Gasteiger partial charge in [-0.05, 0) is 98.4 Å². The number of hydrogen-bond acceptors (Lipinski definition) is 6. The molecule has 2 aromatic carbocycles. The van der Waals surface area contributed by atoms with Gasteiger partial charge in [0.05, 0.1) is 12.5 Å². The second-order valence-electron chi connectivity index (χ2n) is 11.0. The van der Waals surface area contributed by atoms with Crippen molar-refractivity contribution < 1.29 is 19.1 Å². The highest BCUT2D eigenvalue weighted by Crippen LogP contribution is 2.33. The van der Waals surface area contributed by atoms with Crippen molar-refractivity contribution >= 4 is 29.4 Å². The summed E-state index contributed by atoms with van der Waals surface area (Å²) in [4.78, 5) is 25.1. The minimum absolute atomic E-state index is 0.0244. The zero-order valence-electron chi connectivity index (χ0n) is 24.0. The summed E-state index contributed by atoms with van der Waals surface area (Å²) >= 11 is 0. The van der Waals surface area contributed by atoms with E-state index in [9.17, 15) is 9.59 Å². The molecule has 1 saturated carbocycles. The maximum atomic E-state index is 12.7. The second-order valence-corrected chi connectivity index (χ2v) is 11.0. The smallest absolute Gasteiger partial charge is 0.330 e. The summed E-state index contributed by atoms with van der Waals surface area (Å²) in [6, 6.07) is 12.7. The van der Waals surface area contributed by atoms with E-state index in [4.69, 9.17) is 20.9 Å². The van der Waals surface area contributed by atoms with Crippen molar-refractivity contribution in [3.05, 3.63) is 72.3 Å². The van der Waals surface area contributed by atoms with Crippen LogP contribution < -0.4 is 16.2 Å². The van der Waals surface area contributed by atoms with E-state index in [0.717, 1.165) is 68.4 Å². The molecule has 1 unspecified atom stereocenters. The molecular weight excluding hydrogens is 500 g/mol. The van der Waals surface area contributed by atoms with Gasteiger partial charge in [-0.15, -0.1) is 6.58 Å². The van der Waals surface area contributed by atoms with E-state index in [0.29, 0.717) is 17.1 Å². The van der Waals surface area contributed by atoms with E-state index < -0.39 is 5.97 Å². The first-order valence-electron chi connectivity index (χ1n) is 14.8. The normalized spacial score (nSPS) is 17.8. The Hall–Kier alpha value is -3.54. The van der Waals surface area contributed by atoms with Gasteiger partial charge in [-0.2, -0.15) is 0 Å². The fraction of sp³-hybridized carbons (Fsp3) is 0.471. The molecule has 0 heterocycles. The Morgan fingerprint density at radius 2 is 1.70 bits per heavy atom. The highest BCUT2D eigenvalue weighted by Gasteiger charge is 2.27. The number of carbonyl (C=O) groups is 2. The van der Waals surface area contributed by atoms with E-state index in [1.165, 1.54) is 25.3 Å². The van der Waals surface area contributed by atoms with Gasteiger partial charge >= 0.3 is 11.9 Å². The quantitative estimate of drug-likeness (QED) is 0.0589. The molecule has 1 fully saturated rings. The molecule has 0 aromatic heterocycles. The number of nitrogens with two attached hydrogens (primary N) is 2. The number of allylic oxidation sites excluding steroid dienone is 1. The molecule has 6 heteroatoms. The lowest BCUT2D eigenvalue weighted by Gasteiger charge is -2.27. The Bertz CT molecular complexity index is 1100. The van der Waals surface area contributed by atoms with Crippen LogP contribution in [0.5, 0.6) is 5.75 Å². The predicted molar refractivity (Wildman–Crippen MR) is 164 cm³/mol. The Kier molecular flexibility index (Phi) is 12.8. The lowest BCUT2D eigenvalue weighted by Crippen LogP contribution is -2.25. The molecule has 0 saturated heterocycles. The highest BCUT2D eigenvalue weighted by molar-refractivity contribution is 5.87. The summed E-state index contributed by atoms with van der Waals surface area (Å²) in [5, 5.41) is 0. The maximum absolute atomic E-state index is 12.7. The molecule has 6 nitrogen and oxygen atoms in total. The van der Waals surface area contributed by atoms with E-state index in [1.54, 1.807) is 24.3 Å².